The Labute approximate surface area is 196 Å². The molecule has 3 fully saturated rings. The lowest BCUT2D eigenvalue weighted by Gasteiger charge is -2.30. The standard InChI is InChI=1S/C28H34N2O3/c1-3-29-26(32)28(15-16-30(19-28)25(31)23-18-27(23)13-6-14-27)17-20-9-11-21(12-10-20)22-7-4-5-8-24(22)33-2/h4-5,7-12,23H,3,6,13-19H2,1-2H3,(H,29,32). The number of amides is 2. The minimum atomic E-state index is -0.556. The third-order valence-electron chi connectivity index (χ3n) is 8.24. The molecular formula is C28H34N2O3. The quantitative estimate of drug-likeness (QED) is 0.684. The molecule has 5 nitrogen and oxygen atoms in total. The highest BCUT2D eigenvalue weighted by atomic mass is 16.5. The van der Waals surface area contributed by atoms with E-state index in [9.17, 15) is 9.59 Å². The van der Waals surface area contributed by atoms with Gasteiger partial charge >= 0.3 is 0 Å². The van der Waals surface area contributed by atoms with Gasteiger partial charge in [-0.15, -0.1) is 0 Å². The summed E-state index contributed by atoms with van der Waals surface area (Å²) in [6.45, 7) is 3.77. The van der Waals surface area contributed by atoms with Crippen molar-refractivity contribution in [1.82, 2.24) is 10.2 Å². The molecule has 2 amide bonds. The van der Waals surface area contributed by atoms with Crippen LogP contribution in [0.3, 0.4) is 0 Å². The molecule has 0 aromatic heterocycles. The summed E-state index contributed by atoms with van der Waals surface area (Å²) < 4.78 is 5.51. The minimum Gasteiger partial charge on any atom is -0.496 e. The molecular weight excluding hydrogens is 412 g/mol. The second kappa shape index (κ2) is 8.51. The lowest BCUT2D eigenvalue weighted by atomic mass is 9.79. The van der Waals surface area contributed by atoms with Gasteiger partial charge in [0.1, 0.15) is 5.75 Å². The van der Waals surface area contributed by atoms with Crippen LogP contribution >= 0.6 is 0 Å². The fourth-order valence-corrected chi connectivity index (χ4v) is 6.00. The maximum absolute atomic E-state index is 13.2. The summed E-state index contributed by atoms with van der Waals surface area (Å²) in [5.74, 6) is 1.41. The van der Waals surface area contributed by atoms with Gasteiger partial charge in [0.05, 0.1) is 12.5 Å². The van der Waals surface area contributed by atoms with E-state index in [0.29, 0.717) is 31.5 Å². The van der Waals surface area contributed by atoms with E-state index in [2.05, 4.69) is 35.6 Å². The van der Waals surface area contributed by atoms with Crippen molar-refractivity contribution >= 4 is 11.8 Å². The Balaban J connectivity index is 1.33. The van der Waals surface area contributed by atoms with Gasteiger partial charge in [-0.3, -0.25) is 9.59 Å². The molecule has 2 aromatic carbocycles. The Bertz CT molecular complexity index is 1040. The summed E-state index contributed by atoms with van der Waals surface area (Å²) in [4.78, 5) is 28.4. The number of benzene rings is 2. The molecule has 2 atom stereocenters. The van der Waals surface area contributed by atoms with Crippen molar-refractivity contribution in [1.29, 1.82) is 0 Å². The van der Waals surface area contributed by atoms with Gasteiger partial charge in [0.2, 0.25) is 11.8 Å². The highest BCUT2D eigenvalue weighted by molar-refractivity contribution is 5.87. The normalized spacial score (nSPS) is 24.9. The van der Waals surface area contributed by atoms with Gasteiger partial charge in [-0.25, -0.2) is 0 Å². The minimum absolute atomic E-state index is 0.0725. The molecule has 0 bridgehead atoms. The third-order valence-corrected chi connectivity index (χ3v) is 8.24. The van der Waals surface area contributed by atoms with Crippen LogP contribution in [-0.2, 0) is 16.0 Å². The first-order valence-electron chi connectivity index (χ1n) is 12.3. The molecule has 2 unspecified atom stereocenters. The van der Waals surface area contributed by atoms with Crippen LogP contribution in [0.4, 0.5) is 0 Å². The van der Waals surface area contributed by atoms with Crippen molar-refractivity contribution in [3.05, 3.63) is 54.1 Å². The molecule has 174 valence electrons. The van der Waals surface area contributed by atoms with Gasteiger partial charge in [-0.2, -0.15) is 0 Å². The summed E-state index contributed by atoms with van der Waals surface area (Å²) in [6, 6.07) is 16.4. The predicted octanol–water partition coefficient (Wildman–Crippen LogP) is 4.45. The van der Waals surface area contributed by atoms with Crippen molar-refractivity contribution < 1.29 is 14.3 Å². The number of nitrogens with one attached hydrogen (secondary N) is 1. The number of ether oxygens (including phenoxy) is 1. The van der Waals surface area contributed by atoms with Crippen LogP contribution in [-0.4, -0.2) is 43.5 Å². The summed E-state index contributed by atoms with van der Waals surface area (Å²) in [6.07, 6.45) is 6.09. The molecule has 33 heavy (non-hydrogen) atoms. The zero-order valence-corrected chi connectivity index (χ0v) is 19.7. The highest BCUT2D eigenvalue weighted by Gasteiger charge is 2.62. The highest BCUT2D eigenvalue weighted by Crippen LogP contribution is 2.66. The van der Waals surface area contributed by atoms with Crippen molar-refractivity contribution in [2.75, 3.05) is 26.7 Å². The Kier molecular flexibility index (Phi) is 5.67. The Morgan fingerprint density at radius 2 is 1.85 bits per heavy atom. The SMILES string of the molecule is CCNC(=O)C1(Cc2ccc(-c3ccccc3OC)cc2)CCN(C(=O)C2CC23CCC3)C1. The van der Waals surface area contributed by atoms with E-state index in [1.54, 1.807) is 7.11 Å². The second-order valence-corrected chi connectivity index (χ2v) is 10.2. The molecule has 1 aliphatic heterocycles. The molecule has 1 heterocycles. The lowest BCUT2D eigenvalue weighted by molar-refractivity contribution is -0.135. The summed E-state index contributed by atoms with van der Waals surface area (Å²) in [5, 5.41) is 3.05. The molecule has 2 saturated carbocycles. The number of likely N-dealkylation sites (tertiary alicyclic amines) is 1. The second-order valence-electron chi connectivity index (χ2n) is 10.2. The molecule has 1 N–H and O–H groups in total. The number of para-hydroxylation sites is 1. The first kappa shape index (κ1) is 22.0. The van der Waals surface area contributed by atoms with E-state index in [1.807, 2.05) is 30.0 Å². The van der Waals surface area contributed by atoms with Crippen LogP contribution in [0.2, 0.25) is 0 Å². The van der Waals surface area contributed by atoms with Gasteiger partial charge in [0.25, 0.3) is 0 Å². The van der Waals surface area contributed by atoms with Crippen LogP contribution in [0.25, 0.3) is 11.1 Å². The van der Waals surface area contributed by atoms with E-state index < -0.39 is 5.41 Å². The maximum atomic E-state index is 13.2. The number of methoxy groups -OCH3 is 1. The third kappa shape index (κ3) is 3.92. The number of rotatable bonds is 7. The molecule has 0 radical (unpaired) electrons. The lowest BCUT2D eigenvalue weighted by Crippen LogP contribution is -2.45. The van der Waals surface area contributed by atoms with E-state index in [4.69, 9.17) is 4.74 Å². The van der Waals surface area contributed by atoms with Crippen LogP contribution in [0.5, 0.6) is 5.75 Å². The van der Waals surface area contributed by atoms with E-state index in [-0.39, 0.29) is 17.7 Å². The van der Waals surface area contributed by atoms with Crippen molar-refractivity contribution in [2.45, 2.75) is 45.4 Å². The molecule has 5 rings (SSSR count). The van der Waals surface area contributed by atoms with Gasteiger partial charge in [0, 0.05) is 31.1 Å². The predicted molar refractivity (Wildman–Crippen MR) is 129 cm³/mol. The summed E-state index contributed by atoms with van der Waals surface area (Å²) in [5.41, 5.74) is 3.03. The number of carbonyl (C=O) groups excluding carboxylic acids is 2. The van der Waals surface area contributed by atoms with Gasteiger partial charge < -0.3 is 15.0 Å². The maximum Gasteiger partial charge on any atom is 0.228 e. The monoisotopic (exact) mass is 446 g/mol. The fourth-order valence-electron chi connectivity index (χ4n) is 6.00. The van der Waals surface area contributed by atoms with Gasteiger partial charge in [-0.05, 0) is 61.6 Å². The van der Waals surface area contributed by atoms with E-state index in [0.717, 1.165) is 35.3 Å². The van der Waals surface area contributed by atoms with E-state index in [1.165, 1.54) is 19.3 Å². The Morgan fingerprint density at radius 1 is 1.09 bits per heavy atom. The fraction of sp³-hybridized carbons (Fsp3) is 0.500. The first-order chi connectivity index (χ1) is 16.0. The average Bonchev–Trinajstić information content (AvgIpc) is 3.46. The zero-order chi connectivity index (χ0) is 23.1. The Hall–Kier alpha value is -2.82. The van der Waals surface area contributed by atoms with Crippen molar-refractivity contribution in [3.8, 4) is 16.9 Å². The summed E-state index contributed by atoms with van der Waals surface area (Å²) >= 11 is 0. The number of hydrogen-bond acceptors (Lipinski definition) is 3. The molecule has 1 saturated heterocycles. The summed E-state index contributed by atoms with van der Waals surface area (Å²) in [7, 11) is 1.69. The molecule has 5 heteroatoms. The number of nitrogens with zero attached hydrogens (tertiary/aromatic N) is 1. The topological polar surface area (TPSA) is 58.6 Å². The van der Waals surface area contributed by atoms with Gasteiger partial charge in [-0.1, -0.05) is 48.9 Å². The smallest absolute Gasteiger partial charge is 0.228 e. The van der Waals surface area contributed by atoms with Gasteiger partial charge in [0.15, 0.2) is 0 Å². The van der Waals surface area contributed by atoms with Crippen LogP contribution in [0, 0.1) is 16.7 Å². The zero-order valence-electron chi connectivity index (χ0n) is 19.7. The molecule has 2 aromatic rings. The van der Waals surface area contributed by atoms with Crippen molar-refractivity contribution in [2.24, 2.45) is 16.7 Å². The average molecular weight is 447 g/mol. The molecule has 2 aliphatic carbocycles. The number of hydrogen-bond donors (Lipinski definition) is 1. The molecule has 3 aliphatic rings. The number of carbonyl (C=O) groups is 2. The van der Waals surface area contributed by atoms with Crippen molar-refractivity contribution in [3.63, 3.8) is 0 Å². The molecule has 1 spiro atoms. The first-order valence-corrected chi connectivity index (χ1v) is 12.3. The van der Waals surface area contributed by atoms with E-state index >= 15 is 0 Å². The largest absolute Gasteiger partial charge is 0.496 e. The Morgan fingerprint density at radius 3 is 2.48 bits per heavy atom. The van der Waals surface area contributed by atoms with Crippen LogP contribution < -0.4 is 10.1 Å². The van der Waals surface area contributed by atoms with Crippen LogP contribution in [0.1, 0.15) is 44.6 Å². The van der Waals surface area contributed by atoms with Crippen LogP contribution in [0.15, 0.2) is 48.5 Å².